The third-order valence-electron chi connectivity index (χ3n) is 3.75. The van der Waals surface area contributed by atoms with E-state index in [2.05, 4.69) is 25.7 Å². The molecular weight excluding hydrogens is 198 g/mol. The number of hydrogen-bond donors (Lipinski definition) is 0. The van der Waals surface area contributed by atoms with Gasteiger partial charge in [0.15, 0.2) is 0 Å². The fourth-order valence-corrected chi connectivity index (χ4v) is 2.81. The van der Waals surface area contributed by atoms with Crippen molar-refractivity contribution in [2.24, 2.45) is 17.3 Å². The third kappa shape index (κ3) is 3.23. The Bertz CT molecular complexity index is 254. The van der Waals surface area contributed by atoms with Gasteiger partial charge in [0.25, 0.3) is 0 Å². The second-order valence-corrected chi connectivity index (χ2v) is 6.81. The summed E-state index contributed by atoms with van der Waals surface area (Å²) < 4.78 is 0. The molecule has 0 aromatic heterocycles. The highest BCUT2D eigenvalue weighted by Gasteiger charge is 2.35. The van der Waals surface area contributed by atoms with E-state index in [0.717, 1.165) is 31.8 Å². The fraction of sp³-hybridized carbons (Fsp3) is 0.929. The Balaban J connectivity index is 1.75. The largest absolute Gasteiger partial charge is 0.342 e. The first-order valence-electron chi connectivity index (χ1n) is 6.74. The molecule has 2 heteroatoms. The molecule has 0 radical (unpaired) electrons. The molecule has 16 heavy (non-hydrogen) atoms. The maximum Gasteiger partial charge on any atom is 0.225 e. The smallest absolute Gasteiger partial charge is 0.225 e. The molecule has 1 saturated heterocycles. The van der Waals surface area contributed by atoms with E-state index in [9.17, 15) is 4.79 Å². The second-order valence-electron chi connectivity index (χ2n) is 6.81. The number of nitrogens with zero attached hydrogens (tertiary/aromatic N) is 1. The van der Waals surface area contributed by atoms with Crippen molar-refractivity contribution in [2.75, 3.05) is 13.1 Å². The second kappa shape index (κ2) is 4.38. The summed E-state index contributed by atoms with van der Waals surface area (Å²) in [5.41, 5.74) is 0.438. The average Bonchev–Trinajstić information content (AvgIpc) is 2.98. The van der Waals surface area contributed by atoms with Crippen molar-refractivity contribution in [1.29, 1.82) is 0 Å². The van der Waals surface area contributed by atoms with E-state index in [1.165, 1.54) is 19.3 Å². The lowest BCUT2D eigenvalue weighted by Gasteiger charge is -2.35. The summed E-state index contributed by atoms with van der Waals surface area (Å²) >= 11 is 0. The van der Waals surface area contributed by atoms with Gasteiger partial charge in [-0.3, -0.25) is 4.79 Å². The number of likely N-dealkylation sites (tertiary alicyclic amines) is 1. The van der Waals surface area contributed by atoms with Crippen LogP contribution in [0.25, 0.3) is 0 Å². The quantitative estimate of drug-likeness (QED) is 0.704. The van der Waals surface area contributed by atoms with Crippen LogP contribution in [0.1, 0.15) is 52.9 Å². The molecular formula is C14H25NO. The van der Waals surface area contributed by atoms with Gasteiger partial charge in [0.2, 0.25) is 5.91 Å². The summed E-state index contributed by atoms with van der Waals surface area (Å²) in [7, 11) is 0. The molecule has 1 amide bonds. The summed E-state index contributed by atoms with van der Waals surface area (Å²) in [6.45, 7) is 8.96. The van der Waals surface area contributed by atoms with E-state index in [0.29, 0.717) is 17.2 Å². The van der Waals surface area contributed by atoms with Gasteiger partial charge in [-0.15, -0.1) is 0 Å². The van der Waals surface area contributed by atoms with Gasteiger partial charge in [-0.05, 0) is 43.4 Å². The molecule has 1 aliphatic carbocycles. The third-order valence-corrected chi connectivity index (χ3v) is 3.75. The van der Waals surface area contributed by atoms with Gasteiger partial charge in [0, 0.05) is 19.0 Å². The van der Waals surface area contributed by atoms with Crippen LogP contribution in [-0.2, 0) is 4.79 Å². The van der Waals surface area contributed by atoms with Crippen molar-refractivity contribution >= 4 is 5.91 Å². The van der Waals surface area contributed by atoms with Crippen LogP contribution in [-0.4, -0.2) is 23.9 Å². The number of hydrogen-bond acceptors (Lipinski definition) is 1. The van der Waals surface area contributed by atoms with Gasteiger partial charge in [-0.1, -0.05) is 20.8 Å². The number of carbonyl (C=O) groups excluding carboxylic acids is 1. The zero-order valence-corrected chi connectivity index (χ0v) is 11.0. The van der Waals surface area contributed by atoms with Gasteiger partial charge in [0.1, 0.15) is 0 Å². The van der Waals surface area contributed by atoms with Crippen molar-refractivity contribution in [3.63, 3.8) is 0 Å². The Morgan fingerprint density at radius 1 is 1.12 bits per heavy atom. The molecule has 0 N–H and O–H groups in total. The van der Waals surface area contributed by atoms with E-state index in [-0.39, 0.29) is 0 Å². The van der Waals surface area contributed by atoms with Crippen molar-refractivity contribution < 1.29 is 4.79 Å². The Labute approximate surface area is 99.4 Å². The van der Waals surface area contributed by atoms with E-state index < -0.39 is 0 Å². The standard InChI is InChI=1S/C14H25NO/c1-14(2,3)10-11-6-8-15(9-7-11)13(16)12-4-5-12/h11-12H,4-10H2,1-3H3. The molecule has 0 aromatic carbocycles. The lowest BCUT2D eigenvalue weighted by atomic mass is 9.80. The predicted octanol–water partition coefficient (Wildman–Crippen LogP) is 3.07. The highest BCUT2D eigenvalue weighted by molar-refractivity contribution is 5.81. The van der Waals surface area contributed by atoms with Gasteiger partial charge in [-0.2, -0.15) is 0 Å². The molecule has 0 atom stereocenters. The van der Waals surface area contributed by atoms with Crippen LogP contribution in [0.4, 0.5) is 0 Å². The first-order valence-corrected chi connectivity index (χ1v) is 6.74. The number of amides is 1. The lowest BCUT2D eigenvalue weighted by Crippen LogP contribution is -2.39. The van der Waals surface area contributed by atoms with Crippen LogP contribution < -0.4 is 0 Å². The normalized spacial score (nSPS) is 23.6. The molecule has 0 unspecified atom stereocenters. The first-order chi connectivity index (χ1) is 7.46. The zero-order valence-electron chi connectivity index (χ0n) is 11.0. The number of piperidine rings is 1. The maximum atomic E-state index is 11.9. The topological polar surface area (TPSA) is 20.3 Å². The van der Waals surface area contributed by atoms with E-state index in [1.54, 1.807) is 0 Å². The van der Waals surface area contributed by atoms with Crippen molar-refractivity contribution in [3.8, 4) is 0 Å². The van der Waals surface area contributed by atoms with Crippen molar-refractivity contribution in [1.82, 2.24) is 4.90 Å². The SMILES string of the molecule is CC(C)(C)CC1CCN(C(=O)C2CC2)CC1. The molecule has 1 aliphatic heterocycles. The molecule has 1 heterocycles. The van der Waals surface area contributed by atoms with Crippen LogP contribution in [0, 0.1) is 17.3 Å². The predicted molar refractivity (Wildman–Crippen MR) is 66.1 cm³/mol. The maximum absolute atomic E-state index is 11.9. The molecule has 2 rings (SSSR count). The average molecular weight is 223 g/mol. The van der Waals surface area contributed by atoms with Crippen LogP contribution >= 0.6 is 0 Å². The summed E-state index contributed by atoms with van der Waals surface area (Å²) in [6.07, 6.45) is 6.02. The Hall–Kier alpha value is -0.530. The van der Waals surface area contributed by atoms with Crippen LogP contribution in [0.3, 0.4) is 0 Å². The number of carbonyl (C=O) groups is 1. The minimum absolute atomic E-state index is 0.402. The lowest BCUT2D eigenvalue weighted by molar-refractivity contribution is -0.134. The Morgan fingerprint density at radius 2 is 1.69 bits per heavy atom. The highest BCUT2D eigenvalue weighted by Crippen LogP contribution is 2.34. The Kier molecular flexibility index (Phi) is 3.27. The molecule has 0 spiro atoms. The summed E-state index contributed by atoms with van der Waals surface area (Å²) in [6, 6.07) is 0. The molecule has 2 fully saturated rings. The molecule has 2 aliphatic rings. The van der Waals surface area contributed by atoms with E-state index in [4.69, 9.17) is 0 Å². The van der Waals surface area contributed by atoms with Crippen molar-refractivity contribution in [3.05, 3.63) is 0 Å². The molecule has 0 bridgehead atoms. The summed E-state index contributed by atoms with van der Waals surface area (Å²) in [5, 5.41) is 0. The molecule has 1 saturated carbocycles. The van der Waals surface area contributed by atoms with Gasteiger partial charge in [-0.25, -0.2) is 0 Å². The first kappa shape index (κ1) is 11.9. The van der Waals surface area contributed by atoms with Crippen LogP contribution in [0.15, 0.2) is 0 Å². The van der Waals surface area contributed by atoms with Gasteiger partial charge < -0.3 is 4.90 Å². The minimum Gasteiger partial charge on any atom is -0.342 e. The molecule has 0 aromatic rings. The van der Waals surface area contributed by atoms with Crippen molar-refractivity contribution in [2.45, 2.75) is 52.9 Å². The van der Waals surface area contributed by atoms with Crippen LogP contribution in [0.2, 0.25) is 0 Å². The molecule has 2 nitrogen and oxygen atoms in total. The molecule has 92 valence electrons. The van der Waals surface area contributed by atoms with E-state index >= 15 is 0 Å². The Morgan fingerprint density at radius 3 is 2.12 bits per heavy atom. The zero-order chi connectivity index (χ0) is 11.8. The fourth-order valence-electron chi connectivity index (χ4n) is 2.81. The van der Waals surface area contributed by atoms with Gasteiger partial charge >= 0.3 is 0 Å². The minimum atomic E-state index is 0.402. The van der Waals surface area contributed by atoms with E-state index in [1.807, 2.05) is 0 Å². The number of rotatable bonds is 2. The van der Waals surface area contributed by atoms with Crippen LogP contribution in [0.5, 0.6) is 0 Å². The summed E-state index contributed by atoms with van der Waals surface area (Å²) in [4.78, 5) is 14.0. The van der Waals surface area contributed by atoms with Gasteiger partial charge in [0.05, 0.1) is 0 Å². The highest BCUT2D eigenvalue weighted by atomic mass is 16.2. The monoisotopic (exact) mass is 223 g/mol. The summed E-state index contributed by atoms with van der Waals surface area (Å²) in [5.74, 6) is 1.68.